The largest absolute Gasteiger partial charge is 0.490 e. The zero-order valence-electron chi connectivity index (χ0n) is 18.7. The number of halogens is 3. The first-order valence-electron chi connectivity index (χ1n) is 10.8. The Hall–Kier alpha value is -3.89. The van der Waals surface area contributed by atoms with Crippen molar-refractivity contribution in [3.63, 3.8) is 0 Å². The molecule has 35 heavy (non-hydrogen) atoms. The molecule has 0 spiro atoms. The van der Waals surface area contributed by atoms with Crippen LogP contribution in [0.2, 0.25) is 0 Å². The van der Waals surface area contributed by atoms with Gasteiger partial charge in [-0.3, -0.25) is 9.59 Å². The summed E-state index contributed by atoms with van der Waals surface area (Å²) in [5.41, 5.74) is 3.34. The molecule has 1 amide bonds. The number of hydrogen-bond donors (Lipinski definition) is 4. The second-order valence-corrected chi connectivity index (χ2v) is 7.74. The SMILES string of the molecule is O=C(O)C(F)(F)F.O=C(O)CC1CC(CNC(=O)CCNc2ccccn2)=CCc2ccccc21. The van der Waals surface area contributed by atoms with Crippen molar-refractivity contribution in [3.05, 3.63) is 71.4 Å². The molecule has 0 radical (unpaired) electrons. The van der Waals surface area contributed by atoms with Crippen molar-refractivity contribution in [2.75, 3.05) is 18.4 Å². The number of carboxylic acid groups (broad SMARTS) is 2. The van der Waals surface area contributed by atoms with Gasteiger partial charge in [-0.15, -0.1) is 0 Å². The minimum Gasteiger partial charge on any atom is -0.481 e. The minimum absolute atomic E-state index is 0.0409. The molecule has 2 aromatic rings. The third kappa shape index (κ3) is 9.86. The van der Waals surface area contributed by atoms with Gasteiger partial charge in [0.25, 0.3) is 0 Å². The van der Waals surface area contributed by atoms with Gasteiger partial charge in [0.1, 0.15) is 5.82 Å². The second kappa shape index (κ2) is 13.1. The molecule has 1 atom stereocenters. The Kier molecular flexibility index (Phi) is 10.2. The number of carboxylic acids is 2. The lowest BCUT2D eigenvalue weighted by Crippen LogP contribution is -2.27. The zero-order chi connectivity index (χ0) is 25.8. The summed E-state index contributed by atoms with van der Waals surface area (Å²) in [6, 6.07) is 13.6. The first kappa shape index (κ1) is 27.4. The number of carbonyl (C=O) groups excluding carboxylic acids is 1. The molecule has 1 aliphatic rings. The van der Waals surface area contributed by atoms with E-state index in [-0.39, 0.29) is 18.2 Å². The van der Waals surface area contributed by atoms with Crippen LogP contribution in [-0.4, -0.2) is 52.3 Å². The number of aromatic nitrogens is 1. The molecular weight excluding hydrogens is 467 g/mol. The predicted molar refractivity (Wildman–Crippen MR) is 122 cm³/mol. The van der Waals surface area contributed by atoms with Gasteiger partial charge in [-0.1, -0.05) is 42.0 Å². The van der Waals surface area contributed by atoms with Crippen molar-refractivity contribution in [2.24, 2.45) is 0 Å². The van der Waals surface area contributed by atoms with E-state index >= 15 is 0 Å². The van der Waals surface area contributed by atoms with Crippen LogP contribution in [0, 0.1) is 0 Å². The fourth-order valence-electron chi connectivity index (χ4n) is 3.49. The molecule has 1 aromatic carbocycles. The summed E-state index contributed by atoms with van der Waals surface area (Å²) in [5.74, 6) is -2.92. The molecule has 11 heteroatoms. The third-order valence-corrected chi connectivity index (χ3v) is 5.11. The van der Waals surface area contributed by atoms with Gasteiger partial charge in [-0.05, 0) is 42.0 Å². The Labute approximate surface area is 199 Å². The third-order valence-electron chi connectivity index (χ3n) is 5.11. The number of rotatable bonds is 8. The van der Waals surface area contributed by atoms with Gasteiger partial charge in [0.2, 0.25) is 5.91 Å². The Morgan fingerprint density at radius 2 is 1.74 bits per heavy atom. The van der Waals surface area contributed by atoms with Crippen molar-refractivity contribution in [3.8, 4) is 0 Å². The highest BCUT2D eigenvalue weighted by atomic mass is 19.4. The smallest absolute Gasteiger partial charge is 0.481 e. The summed E-state index contributed by atoms with van der Waals surface area (Å²) in [6.07, 6.45) is 0.590. The number of carbonyl (C=O) groups is 3. The normalized spacial score (nSPS) is 14.8. The van der Waals surface area contributed by atoms with Gasteiger partial charge in [0.15, 0.2) is 0 Å². The summed E-state index contributed by atoms with van der Waals surface area (Å²) in [5, 5.41) is 22.5. The maximum absolute atomic E-state index is 12.1. The predicted octanol–water partition coefficient (Wildman–Crippen LogP) is 3.76. The second-order valence-electron chi connectivity index (χ2n) is 7.74. The Bertz CT molecular complexity index is 1040. The van der Waals surface area contributed by atoms with Crippen LogP contribution in [0.4, 0.5) is 19.0 Å². The molecule has 0 saturated carbocycles. The number of alkyl halides is 3. The topological polar surface area (TPSA) is 129 Å². The van der Waals surface area contributed by atoms with Gasteiger partial charge in [0, 0.05) is 25.7 Å². The number of fused-ring (bicyclic) bond motifs is 1. The van der Waals surface area contributed by atoms with Gasteiger partial charge in [-0.2, -0.15) is 13.2 Å². The summed E-state index contributed by atoms with van der Waals surface area (Å²) >= 11 is 0. The monoisotopic (exact) mass is 493 g/mol. The molecule has 8 nitrogen and oxygen atoms in total. The van der Waals surface area contributed by atoms with Gasteiger partial charge in [0.05, 0.1) is 6.42 Å². The maximum Gasteiger partial charge on any atom is 0.490 e. The minimum atomic E-state index is -5.08. The number of amides is 1. The summed E-state index contributed by atoms with van der Waals surface area (Å²) in [4.78, 5) is 36.5. The van der Waals surface area contributed by atoms with Crippen LogP contribution >= 0.6 is 0 Å². The van der Waals surface area contributed by atoms with Crippen LogP contribution in [0.25, 0.3) is 0 Å². The lowest BCUT2D eigenvalue weighted by molar-refractivity contribution is -0.192. The van der Waals surface area contributed by atoms with Crippen LogP contribution < -0.4 is 10.6 Å². The van der Waals surface area contributed by atoms with E-state index < -0.39 is 18.1 Å². The zero-order valence-corrected chi connectivity index (χ0v) is 18.7. The average Bonchev–Trinajstić information content (AvgIpc) is 2.97. The molecule has 1 unspecified atom stereocenters. The molecule has 4 N–H and O–H groups in total. The van der Waals surface area contributed by atoms with Crippen LogP contribution in [0.1, 0.15) is 36.3 Å². The van der Waals surface area contributed by atoms with Crippen molar-refractivity contribution in [2.45, 2.75) is 37.8 Å². The van der Waals surface area contributed by atoms with E-state index in [9.17, 15) is 27.9 Å². The first-order valence-corrected chi connectivity index (χ1v) is 10.8. The summed E-state index contributed by atoms with van der Waals surface area (Å²) in [6.45, 7) is 0.960. The summed E-state index contributed by atoms with van der Waals surface area (Å²) < 4.78 is 31.7. The Morgan fingerprint density at radius 3 is 2.37 bits per heavy atom. The van der Waals surface area contributed by atoms with Crippen molar-refractivity contribution < 1.29 is 37.8 Å². The highest BCUT2D eigenvalue weighted by Gasteiger charge is 2.38. The number of hydrogen-bond acceptors (Lipinski definition) is 5. The highest BCUT2D eigenvalue weighted by Crippen LogP contribution is 2.33. The number of pyridine rings is 1. The van der Waals surface area contributed by atoms with E-state index in [0.29, 0.717) is 25.9 Å². The van der Waals surface area contributed by atoms with E-state index in [0.717, 1.165) is 28.9 Å². The molecule has 0 bridgehead atoms. The molecule has 1 heterocycles. The van der Waals surface area contributed by atoms with E-state index in [1.54, 1.807) is 6.20 Å². The van der Waals surface area contributed by atoms with E-state index in [2.05, 4.69) is 21.7 Å². The first-order chi connectivity index (χ1) is 16.6. The molecule has 1 aromatic heterocycles. The lowest BCUT2D eigenvalue weighted by atomic mass is 9.88. The fraction of sp³-hybridized carbons (Fsp3) is 0.333. The Morgan fingerprint density at radius 1 is 1.06 bits per heavy atom. The van der Waals surface area contributed by atoms with Crippen LogP contribution in [0.3, 0.4) is 0 Å². The quantitative estimate of drug-likeness (QED) is 0.412. The molecule has 1 aliphatic carbocycles. The fourth-order valence-corrected chi connectivity index (χ4v) is 3.49. The standard InChI is InChI=1S/C22H25N3O3.C2HF3O2/c26-21(10-12-24-20-7-3-4-11-23-20)25-15-16-8-9-17-5-1-2-6-19(17)18(13-16)14-22(27)28;3-2(4,5)1(6)7/h1-8,11,18H,9-10,12-15H2,(H,23,24)(H,25,26)(H,27,28);(H,6,7). The molecular formula is C24H26F3N3O5. The van der Waals surface area contributed by atoms with Crippen molar-refractivity contribution in [1.29, 1.82) is 0 Å². The van der Waals surface area contributed by atoms with Crippen LogP contribution in [-0.2, 0) is 20.8 Å². The van der Waals surface area contributed by atoms with Gasteiger partial charge >= 0.3 is 18.1 Å². The number of nitrogens with one attached hydrogen (secondary N) is 2. The highest BCUT2D eigenvalue weighted by molar-refractivity contribution is 5.76. The van der Waals surface area contributed by atoms with Crippen LogP contribution in [0.5, 0.6) is 0 Å². The Balaban J connectivity index is 0.000000540. The number of nitrogens with zero attached hydrogens (tertiary/aromatic N) is 1. The number of aliphatic carboxylic acids is 2. The molecule has 188 valence electrons. The number of allylic oxidation sites excluding steroid dienone is 1. The van der Waals surface area contributed by atoms with E-state index in [1.165, 1.54) is 0 Å². The number of anilines is 1. The molecule has 0 aliphatic heterocycles. The molecule has 3 rings (SSSR count). The maximum atomic E-state index is 12.1. The van der Waals surface area contributed by atoms with Crippen molar-refractivity contribution in [1.82, 2.24) is 10.3 Å². The van der Waals surface area contributed by atoms with E-state index in [4.69, 9.17) is 9.90 Å². The average molecular weight is 493 g/mol. The van der Waals surface area contributed by atoms with Crippen LogP contribution in [0.15, 0.2) is 60.3 Å². The molecule has 0 saturated heterocycles. The van der Waals surface area contributed by atoms with E-state index in [1.807, 2.05) is 42.5 Å². The van der Waals surface area contributed by atoms with Crippen molar-refractivity contribution >= 4 is 23.7 Å². The number of benzene rings is 1. The van der Waals surface area contributed by atoms with Gasteiger partial charge < -0.3 is 20.8 Å². The lowest BCUT2D eigenvalue weighted by Gasteiger charge is -2.17. The van der Waals surface area contributed by atoms with Gasteiger partial charge in [-0.25, -0.2) is 9.78 Å². The molecule has 0 fully saturated rings. The summed E-state index contributed by atoms with van der Waals surface area (Å²) in [7, 11) is 0.